The molecule has 2 N–H and O–H groups in total. The minimum Gasteiger partial charge on any atom is -0.333 e. The SMILES string of the molecule is C=CCN(CCc1ccccc1)C(=O)c1n[nH]c2c1CNCC2. The lowest BCUT2D eigenvalue weighted by Crippen LogP contribution is -2.35. The smallest absolute Gasteiger partial charge is 0.274 e. The van der Waals surface area contributed by atoms with Crippen LogP contribution in [0.25, 0.3) is 0 Å². The highest BCUT2D eigenvalue weighted by molar-refractivity contribution is 5.94. The number of nitrogens with one attached hydrogen (secondary N) is 2. The molecule has 0 saturated carbocycles. The van der Waals surface area contributed by atoms with Crippen LogP contribution in [0.15, 0.2) is 43.0 Å². The summed E-state index contributed by atoms with van der Waals surface area (Å²) in [5, 5.41) is 10.6. The first-order chi connectivity index (χ1) is 11.3. The number of H-pyrrole nitrogens is 1. The average molecular weight is 310 g/mol. The number of fused-ring (bicyclic) bond motifs is 1. The van der Waals surface area contributed by atoms with Gasteiger partial charge in [0.2, 0.25) is 0 Å². The van der Waals surface area contributed by atoms with Gasteiger partial charge in [0.05, 0.1) is 0 Å². The van der Waals surface area contributed by atoms with Gasteiger partial charge in [-0.15, -0.1) is 6.58 Å². The summed E-state index contributed by atoms with van der Waals surface area (Å²) in [6.07, 6.45) is 3.48. The summed E-state index contributed by atoms with van der Waals surface area (Å²) in [7, 11) is 0. The molecule has 0 atom stereocenters. The molecule has 1 aromatic heterocycles. The number of hydrogen-bond acceptors (Lipinski definition) is 3. The molecule has 2 heterocycles. The van der Waals surface area contributed by atoms with Crippen LogP contribution >= 0.6 is 0 Å². The molecule has 0 fully saturated rings. The second kappa shape index (κ2) is 7.24. The van der Waals surface area contributed by atoms with E-state index in [0.717, 1.165) is 30.6 Å². The fourth-order valence-corrected chi connectivity index (χ4v) is 2.89. The molecule has 1 aliphatic heterocycles. The topological polar surface area (TPSA) is 61.0 Å². The lowest BCUT2D eigenvalue weighted by molar-refractivity contribution is 0.0768. The van der Waals surface area contributed by atoms with Crippen molar-refractivity contribution in [3.05, 3.63) is 65.5 Å². The first-order valence-electron chi connectivity index (χ1n) is 8.00. The Hall–Kier alpha value is -2.40. The van der Waals surface area contributed by atoms with Crippen LogP contribution in [-0.4, -0.2) is 40.6 Å². The van der Waals surface area contributed by atoms with Crippen molar-refractivity contribution >= 4 is 5.91 Å². The average Bonchev–Trinajstić information content (AvgIpc) is 3.03. The molecular formula is C18H22N4O. The van der Waals surface area contributed by atoms with Gasteiger partial charge in [-0.25, -0.2) is 0 Å². The van der Waals surface area contributed by atoms with Gasteiger partial charge in [0.15, 0.2) is 5.69 Å². The zero-order valence-corrected chi connectivity index (χ0v) is 13.2. The van der Waals surface area contributed by atoms with Crippen LogP contribution in [0.5, 0.6) is 0 Å². The molecule has 0 aliphatic carbocycles. The van der Waals surface area contributed by atoms with Crippen molar-refractivity contribution in [3.63, 3.8) is 0 Å². The van der Waals surface area contributed by atoms with Crippen molar-refractivity contribution in [3.8, 4) is 0 Å². The van der Waals surface area contributed by atoms with Crippen LogP contribution in [0.2, 0.25) is 0 Å². The number of carbonyl (C=O) groups is 1. The van der Waals surface area contributed by atoms with Crippen LogP contribution < -0.4 is 5.32 Å². The van der Waals surface area contributed by atoms with Gasteiger partial charge in [-0.3, -0.25) is 9.89 Å². The summed E-state index contributed by atoms with van der Waals surface area (Å²) in [5.74, 6) is -0.0259. The number of benzene rings is 1. The standard InChI is InChI=1S/C18H22N4O/c1-2-11-22(12-9-14-6-4-3-5-7-14)18(23)17-15-13-19-10-8-16(15)20-21-17/h2-7,19H,1,8-13H2,(H,20,21). The lowest BCUT2D eigenvalue weighted by Gasteiger charge is -2.21. The van der Waals surface area contributed by atoms with Gasteiger partial charge in [-0.05, 0) is 12.0 Å². The molecule has 1 aromatic carbocycles. The minimum absolute atomic E-state index is 0.0259. The van der Waals surface area contributed by atoms with Gasteiger partial charge < -0.3 is 10.2 Å². The Labute approximate surface area is 136 Å². The molecule has 2 aromatic rings. The molecule has 0 bridgehead atoms. The Morgan fingerprint density at radius 3 is 2.96 bits per heavy atom. The molecule has 5 heteroatoms. The van der Waals surface area contributed by atoms with Crippen molar-refractivity contribution in [1.82, 2.24) is 20.4 Å². The third-order valence-corrected chi connectivity index (χ3v) is 4.16. The Morgan fingerprint density at radius 1 is 1.35 bits per heavy atom. The molecule has 23 heavy (non-hydrogen) atoms. The normalized spacial score (nSPS) is 13.4. The third kappa shape index (κ3) is 3.51. The zero-order valence-electron chi connectivity index (χ0n) is 13.2. The highest BCUT2D eigenvalue weighted by Gasteiger charge is 2.24. The van der Waals surface area contributed by atoms with E-state index in [1.54, 1.807) is 6.08 Å². The summed E-state index contributed by atoms with van der Waals surface area (Å²) >= 11 is 0. The number of amides is 1. The first-order valence-corrected chi connectivity index (χ1v) is 8.00. The maximum Gasteiger partial charge on any atom is 0.274 e. The summed E-state index contributed by atoms with van der Waals surface area (Å²) in [4.78, 5) is 14.7. The van der Waals surface area contributed by atoms with Gasteiger partial charge in [-0.2, -0.15) is 5.10 Å². The van der Waals surface area contributed by atoms with E-state index in [1.807, 2.05) is 23.1 Å². The Bertz CT molecular complexity index is 678. The van der Waals surface area contributed by atoms with E-state index in [1.165, 1.54) is 5.56 Å². The van der Waals surface area contributed by atoms with E-state index in [4.69, 9.17) is 0 Å². The fraction of sp³-hybridized carbons (Fsp3) is 0.333. The predicted molar refractivity (Wildman–Crippen MR) is 90.2 cm³/mol. The van der Waals surface area contributed by atoms with Gasteiger partial charge in [0, 0.05) is 43.9 Å². The summed E-state index contributed by atoms with van der Waals surface area (Å²) in [6.45, 7) is 6.58. The number of aromatic nitrogens is 2. The molecule has 3 rings (SSSR count). The number of aromatic amines is 1. The van der Waals surface area contributed by atoms with Gasteiger partial charge in [0.25, 0.3) is 5.91 Å². The molecule has 0 radical (unpaired) electrons. The summed E-state index contributed by atoms with van der Waals surface area (Å²) in [6, 6.07) is 10.2. The van der Waals surface area contributed by atoms with Gasteiger partial charge in [0.1, 0.15) is 0 Å². The molecule has 0 spiro atoms. The van der Waals surface area contributed by atoms with Gasteiger partial charge >= 0.3 is 0 Å². The number of carbonyl (C=O) groups excluding carboxylic acids is 1. The Morgan fingerprint density at radius 2 is 2.17 bits per heavy atom. The summed E-state index contributed by atoms with van der Waals surface area (Å²) in [5.41, 5.74) is 3.85. The van der Waals surface area contributed by atoms with Crippen molar-refractivity contribution in [2.45, 2.75) is 19.4 Å². The van der Waals surface area contributed by atoms with Gasteiger partial charge in [-0.1, -0.05) is 36.4 Å². The Kier molecular flexibility index (Phi) is 4.88. The number of nitrogens with zero attached hydrogens (tertiary/aromatic N) is 2. The van der Waals surface area contributed by atoms with Crippen molar-refractivity contribution in [2.24, 2.45) is 0 Å². The van der Waals surface area contributed by atoms with E-state index in [0.29, 0.717) is 25.3 Å². The van der Waals surface area contributed by atoms with Crippen LogP contribution in [0.4, 0.5) is 0 Å². The molecule has 0 unspecified atom stereocenters. The second-order valence-corrected chi connectivity index (χ2v) is 5.73. The maximum absolute atomic E-state index is 12.9. The molecule has 120 valence electrons. The third-order valence-electron chi connectivity index (χ3n) is 4.16. The quantitative estimate of drug-likeness (QED) is 0.802. The van der Waals surface area contributed by atoms with Crippen LogP contribution in [0.3, 0.4) is 0 Å². The molecular weight excluding hydrogens is 288 g/mol. The summed E-state index contributed by atoms with van der Waals surface area (Å²) < 4.78 is 0. The second-order valence-electron chi connectivity index (χ2n) is 5.73. The van der Waals surface area contributed by atoms with E-state index in [-0.39, 0.29) is 5.91 Å². The molecule has 0 saturated heterocycles. The van der Waals surface area contributed by atoms with Crippen LogP contribution in [-0.2, 0) is 19.4 Å². The Balaban J connectivity index is 1.73. The fourth-order valence-electron chi connectivity index (χ4n) is 2.89. The number of rotatable bonds is 6. The van der Waals surface area contributed by atoms with E-state index in [9.17, 15) is 4.79 Å². The van der Waals surface area contributed by atoms with Crippen LogP contribution in [0, 0.1) is 0 Å². The lowest BCUT2D eigenvalue weighted by atomic mass is 10.1. The van der Waals surface area contributed by atoms with Crippen LogP contribution in [0.1, 0.15) is 27.3 Å². The van der Waals surface area contributed by atoms with E-state index < -0.39 is 0 Å². The molecule has 1 amide bonds. The van der Waals surface area contributed by atoms with E-state index in [2.05, 4.69) is 34.2 Å². The largest absolute Gasteiger partial charge is 0.333 e. The highest BCUT2D eigenvalue weighted by Crippen LogP contribution is 2.17. The predicted octanol–water partition coefficient (Wildman–Crippen LogP) is 1.93. The minimum atomic E-state index is -0.0259. The van der Waals surface area contributed by atoms with Crippen molar-refractivity contribution < 1.29 is 4.79 Å². The number of hydrogen-bond donors (Lipinski definition) is 2. The first kappa shape index (κ1) is 15.5. The van der Waals surface area contributed by atoms with E-state index >= 15 is 0 Å². The zero-order chi connectivity index (χ0) is 16.1. The monoisotopic (exact) mass is 310 g/mol. The maximum atomic E-state index is 12.9. The van der Waals surface area contributed by atoms with Crippen molar-refractivity contribution in [2.75, 3.05) is 19.6 Å². The molecule has 5 nitrogen and oxygen atoms in total. The highest BCUT2D eigenvalue weighted by atomic mass is 16.2. The van der Waals surface area contributed by atoms with Crippen molar-refractivity contribution in [1.29, 1.82) is 0 Å². The molecule has 1 aliphatic rings.